The first-order valence-corrected chi connectivity index (χ1v) is 12.4. The maximum absolute atomic E-state index is 13.2. The van der Waals surface area contributed by atoms with Gasteiger partial charge in [0.1, 0.15) is 13.1 Å². The summed E-state index contributed by atoms with van der Waals surface area (Å²) in [5.41, 5.74) is 1.97. The van der Waals surface area contributed by atoms with Gasteiger partial charge in [0, 0.05) is 11.1 Å². The summed E-state index contributed by atoms with van der Waals surface area (Å²) >= 11 is 0. The molecule has 0 bridgehead atoms. The van der Waals surface area contributed by atoms with E-state index in [2.05, 4.69) is 19.1 Å². The van der Waals surface area contributed by atoms with Crippen LogP contribution in [0.25, 0.3) is 0 Å². The maximum Gasteiger partial charge on any atom is 0.249 e. The Morgan fingerprint density at radius 2 is 1.28 bits per heavy atom. The minimum absolute atomic E-state index is 0. The number of ketones is 2. The van der Waals surface area contributed by atoms with Crippen LogP contribution in [0.5, 0.6) is 0 Å². The number of halogens is 1. The van der Waals surface area contributed by atoms with Gasteiger partial charge in [0.25, 0.3) is 0 Å². The average Bonchev–Trinajstić information content (AvgIpc) is 3.16. The summed E-state index contributed by atoms with van der Waals surface area (Å²) in [6, 6.07) is 7.15. The predicted octanol–water partition coefficient (Wildman–Crippen LogP) is 2.67. The lowest BCUT2D eigenvalue weighted by Gasteiger charge is -2.11. The molecular weight excluding hydrogens is 422 g/mol. The molecule has 0 radical (unpaired) electrons. The molecule has 0 unspecified atom stereocenters. The molecular formula is C26H38ClN3O2. The van der Waals surface area contributed by atoms with Crippen LogP contribution in [0.1, 0.15) is 123 Å². The number of nitrogens with zero attached hydrogens (tertiary/aromatic N) is 3. The van der Waals surface area contributed by atoms with E-state index in [0.29, 0.717) is 35.6 Å². The summed E-state index contributed by atoms with van der Waals surface area (Å²) in [5, 5.41) is 4.68. The maximum atomic E-state index is 13.2. The molecule has 1 heterocycles. The number of hydrogen-bond acceptors (Lipinski definition) is 3. The molecule has 3 rings (SSSR count). The molecule has 0 fully saturated rings. The summed E-state index contributed by atoms with van der Waals surface area (Å²) in [6.45, 7) is 5.74. The van der Waals surface area contributed by atoms with E-state index in [9.17, 15) is 9.59 Å². The second-order valence-electron chi connectivity index (χ2n) is 8.77. The van der Waals surface area contributed by atoms with Crippen LogP contribution in [0.2, 0.25) is 0 Å². The number of aromatic nitrogens is 3. The second kappa shape index (κ2) is 13.5. The van der Waals surface area contributed by atoms with E-state index in [1.54, 1.807) is 21.5 Å². The molecule has 6 heteroatoms. The van der Waals surface area contributed by atoms with E-state index in [0.717, 1.165) is 25.7 Å². The number of rotatable bonds is 14. The molecule has 176 valence electrons. The lowest BCUT2D eigenvalue weighted by molar-refractivity contribution is -0.757. The van der Waals surface area contributed by atoms with Crippen LogP contribution in [0.4, 0.5) is 0 Å². The fraction of sp³-hybridized carbons (Fsp3) is 0.615. The summed E-state index contributed by atoms with van der Waals surface area (Å²) in [4.78, 5) is 26.4. The highest BCUT2D eigenvalue weighted by atomic mass is 35.5. The van der Waals surface area contributed by atoms with Crippen LogP contribution in [0.15, 0.2) is 24.3 Å². The first kappa shape index (κ1) is 26.2. The number of hydrogen-bond donors (Lipinski definition) is 0. The van der Waals surface area contributed by atoms with Gasteiger partial charge in [-0.15, -0.1) is 9.36 Å². The van der Waals surface area contributed by atoms with Crippen LogP contribution >= 0.6 is 0 Å². The number of carbonyl (C=O) groups excluding carboxylic acids is 2. The Kier molecular flexibility index (Phi) is 11.1. The van der Waals surface area contributed by atoms with Crippen LogP contribution in [-0.2, 0) is 13.1 Å². The van der Waals surface area contributed by atoms with Crippen molar-refractivity contribution in [1.82, 2.24) is 9.90 Å². The van der Waals surface area contributed by atoms with Crippen molar-refractivity contribution in [3.05, 3.63) is 46.8 Å². The minimum Gasteiger partial charge on any atom is -1.00 e. The van der Waals surface area contributed by atoms with Crippen molar-refractivity contribution in [2.24, 2.45) is 0 Å². The van der Waals surface area contributed by atoms with Crippen molar-refractivity contribution < 1.29 is 26.7 Å². The fourth-order valence-electron chi connectivity index (χ4n) is 4.42. The van der Waals surface area contributed by atoms with E-state index in [1.165, 1.54) is 51.4 Å². The smallest absolute Gasteiger partial charge is 0.249 e. The first-order chi connectivity index (χ1) is 15.2. The quantitative estimate of drug-likeness (QED) is 0.275. The van der Waals surface area contributed by atoms with E-state index < -0.39 is 0 Å². The average molecular weight is 460 g/mol. The van der Waals surface area contributed by atoms with Gasteiger partial charge in [-0.25, -0.2) is 0 Å². The van der Waals surface area contributed by atoms with Crippen molar-refractivity contribution in [2.45, 2.75) is 104 Å². The van der Waals surface area contributed by atoms with Crippen molar-refractivity contribution in [1.29, 1.82) is 0 Å². The van der Waals surface area contributed by atoms with Gasteiger partial charge in [0.05, 0.1) is 5.21 Å². The van der Waals surface area contributed by atoms with Crippen molar-refractivity contribution in [3.63, 3.8) is 0 Å². The second-order valence-corrected chi connectivity index (χ2v) is 8.77. The Labute approximate surface area is 199 Å². The molecule has 1 aromatic carbocycles. The van der Waals surface area contributed by atoms with Crippen LogP contribution in [0.3, 0.4) is 0 Å². The molecule has 5 nitrogen and oxygen atoms in total. The highest BCUT2D eigenvalue weighted by molar-refractivity contribution is 6.26. The highest BCUT2D eigenvalue weighted by Crippen LogP contribution is 2.25. The van der Waals surface area contributed by atoms with E-state index in [1.807, 2.05) is 12.1 Å². The summed E-state index contributed by atoms with van der Waals surface area (Å²) in [5.74, 6) is -0.143. The number of aryl methyl sites for hydroxylation is 2. The summed E-state index contributed by atoms with van der Waals surface area (Å²) in [6.07, 6.45) is 14.7. The lowest BCUT2D eigenvalue weighted by Crippen LogP contribution is -3.00. The largest absolute Gasteiger partial charge is 1.00 e. The summed E-state index contributed by atoms with van der Waals surface area (Å²) in [7, 11) is 0. The van der Waals surface area contributed by atoms with Crippen LogP contribution < -0.4 is 17.1 Å². The molecule has 2 aromatic rings. The highest BCUT2D eigenvalue weighted by Gasteiger charge is 2.42. The molecule has 1 aromatic heterocycles. The molecule has 0 spiro atoms. The van der Waals surface area contributed by atoms with Crippen molar-refractivity contribution in [3.8, 4) is 0 Å². The van der Waals surface area contributed by atoms with E-state index in [-0.39, 0.29) is 24.0 Å². The van der Waals surface area contributed by atoms with Gasteiger partial charge in [-0.3, -0.25) is 9.59 Å². The molecule has 0 aliphatic heterocycles. The Morgan fingerprint density at radius 1 is 0.750 bits per heavy atom. The van der Waals surface area contributed by atoms with Crippen LogP contribution in [-0.4, -0.2) is 21.5 Å². The van der Waals surface area contributed by atoms with Gasteiger partial charge in [0.15, 0.2) is 0 Å². The topological polar surface area (TPSA) is 55.8 Å². The normalized spacial score (nSPS) is 12.4. The molecule has 32 heavy (non-hydrogen) atoms. The zero-order valence-electron chi connectivity index (χ0n) is 19.7. The third-order valence-corrected chi connectivity index (χ3v) is 6.25. The van der Waals surface area contributed by atoms with Gasteiger partial charge in [-0.2, -0.15) is 0 Å². The molecule has 0 N–H and O–H groups in total. The standard InChI is InChI=1S/C26H38N3O2.ClH/c1-3-5-7-8-9-10-11-12-13-16-20-29-24-23(28(27-29)19-6-4-2)25(30)21-17-14-15-18-22(21)26(24)31;/h14-15,17-18H,3-13,16,19-20H2,1-2H3;1H/q+1;/p-1. The zero-order valence-corrected chi connectivity index (χ0v) is 20.5. The van der Waals surface area contributed by atoms with Gasteiger partial charge in [0.2, 0.25) is 23.0 Å². The van der Waals surface area contributed by atoms with E-state index >= 15 is 0 Å². The molecule has 0 saturated carbocycles. The SMILES string of the molecule is CCCCCCCCCCCC[n+]1nn(CCCC)c2c1C(=O)c1ccccc1C2=O.[Cl-]. The number of benzene rings is 1. The predicted molar refractivity (Wildman–Crippen MR) is 122 cm³/mol. The molecule has 1 aliphatic rings. The number of unbranched alkanes of at least 4 members (excludes halogenated alkanes) is 10. The number of fused-ring (bicyclic) bond motifs is 2. The Morgan fingerprint density at radius 3 is 1.88 bits per heavy atom. The van der Waals surface area contributed by atoms with Gasteiger partial charge < -0.3 is 12.4 Å². The number of carbonyl (C=O) groups is 2. The lowest BCUT2D eigenvalue weighted by atomic mass is 9.90. The first-order valence-electron chi connectivity index (χ1n) is 12.4. The Hall–Kier alpha value is -2.01. The van der Waals surface area contributed by atoms with Crippen molar-refractivity contribution in [2.75, 3.05) is 0 Å². The van der Waals surface area contributed by atoms with E-state index in [4.69, 9.17) is 0 Å². The fourth-order valence-corrected chi connectivity index (χ4v) is 4.42. The van der Waals surface area contributed by atoms with Crippen molar-refractivity contribution >= 4 is 11.6 Å². The van der Waals surface area contributed by atoms with Gasteiger partial charge >= 0.3 is 0 Å². The molecule has 0 saturated heterocycles. The Balaban J connectivity index is 0.00000363. The van der Waals surface area contributed by atoms with Gasteiger partial charge in [-0.1, -0.05) is 95.9 Å². The van der Waals surface area contributed by atoms with Gasteiger partial charge in [-0.05, 0) is 19.3 Å². The molecule has 1 aliphatic carbocycles. The minimum atomic E-state index is -0.0735. The summed E-state index contributed by atoms with van der Waals surface area (Å²) < 4.78 is 3.57. The van der Waals surface area contributed by atoms with Crippen LogP contribution in [0, 0.1) is 0 Å². The Bertz CT molecular complexity index is 891. The molecule has 0 amide bonds. The third kappa shape index (κ3) is 6.28. The monoisotopic (exact) mass is 459 g/mol. The third-order valence-electron chi connectivity index (χ3n) is 6.25. The molecule has 0 atom stereocenters. The zero-order chi connectivity index (χ0) is 22.1.